The zero-order valence-electron chi connectivity index (χ0n) is 15.1. The summed E-state index contributed by atoms with van der Waals surface area (Å²) in [6.07, 6.45) is 3.86. The second kappa shape index (κ2) is 7.09. The van der Waals surface area contributed by atoms with Crippen LogP contribution in [0, 0.1) is 5.92 Å². The Hall–Kier alpha value is -0.940. The predicted octanol–water partition coefficient (Wildman–Crippen LogP) is 3.09. The lowest BCUT2D eigenvalue weighted by atomic mass is 9.92. The number of likely N-dealkylation sites (tertiary alicyclic amines) is 1. The fourth-order valence-corrected chi connectivity index (χ4v) is 2.94. The van der Waals surface area contributed by atoms with Crippen molar-refractivity contribution in [3.63, 3.8) is 0 Å². The quantitative estimate of drug-likeness (QED) is 0.836. The molecule has 1 aromatic rings. The summed E-state index contributed by atoms with van der Waals surface area (Å²) in [5, 5.41) is 4.15. The van der Waals surface area contributed by atoms with Crippen LogP contribution in [-0.4, -0.2) is 53.7 Å². The lowest BCUT2D eigenvalue weighted by Gasteiger charge is -2.34. The Morgan fingerprint density at radius 3 is 2.41 bits per heavy atom. The van der Waals surface area contributed by atoms with Gasteiger partial charge in [0.2, 0.25) is 5.89 Å². The van der Waals surface area contributed by atoms with E-state index >= 15 is 0 Å². The lowest BCUT2D eigenvalue weighted by molar-refractivity contribution is 0.114. The molecule has 0 spiro atoms. The summed E-state index contributed by atoms with van der Waals surface area (Å²) in [7, 11) is 4.30. The van der Waals surface area contributed by atoms with Crippen LogP contribution >= 0.6 is 0 Å². The molecule has 1 unspecified atom stereocenters. The van der Waals surface area contributed by atoms with E-state index < -0.39 is 0 Å². The Kier molecular flexibility index (Phi) is 5.61. The molecule has 0 amide bonds. The molecule has 1 aliphatic heterocycles. The van der Waals surface area contributed by atoms with Crippen LogP contribution in [0.1, 0.15) is 64.7 Å². The van der Waals surface area contributed by atoms with E-state index in [1.54, 1.807) is 0 Å². The summed E-state index contributed by atoms with van der Waals surface area (Å²) in [5.41, 5.74) is -0.0549. The molecular formula is C17H32N4O. The van der Waals surface area contributed by atoms with Gasteiger partial charge in [-0.3, -0.25) is 4.90 Å². The Morgan fingerprint density at radius 2 is 1.91 bits per heavy atom. The molecule has 0 aliphatic carbocycles. The van der Waals surface area contributed by atoms with E-state index in [2.05, 4.69) is 61.7 Å². The molecule has 1 atom stereocenters. The summed E-state index contributed by atoms with van der Waals surface area (Å²) >= 11 is 0. The first kappa shape index (κ1) is 17.4. The maximum absolute atomic E-state index is 5.50. The molecule has 0 radical (unpaired) electrons. The summed E-state index contributed by atoms with van der Waals surface area (Å²) in [4.78, 5) is 9.37. The van der Waals surface area contributed by atoms with Crippen molar-refractivity contribution in [2.45, 2.75) is 58.4 Å². The number of aromatic nitrogens is 2. The first-order valence-electron chi connectivity index (χ1n) is 8.50. The van der Waals surface area contributed by atoms with Gasteiger partial charge in [-0.05, 0) is 65.8 Å². The summed E-state index contributed by atoms with van der Waals surface area (Å²) in [6, 6.07) is 0.221. The van der Waals surface area contributed by atoms with Crippen molar-refractivity contribution in [3.05, 3.63) is 11.7 Å². The molecule has 2 heterocycles. The second-order valence-electron chi connectivity index (χ2n) is 7.95. The smallest absolute Gasteiger partial charge is 0.243 e. The Balaban J connectivity index is 1.87. The van der Waals surface area contributed by atoms with Gasteiger partial charge in [0.25, 0.3) is 0 Å². The van der Waals surface area contributed by atoms with Gasteiger partial charge in [-0.1, -0.05) is 25.9 Å². The van der Waals surface area contributed by atoms with Crippen LogP contribution in [0.2, 0.25) is 0 Å². The third-order valence-corrected chi connectivity index (χ3v) is 4.65. The lowest BCUT2D eigenvalue weighted by Crippen LogP contribution is -2.36. The molecule has 22 heavy (non-hydrogen) atoms. The monoisotopic (exact) mass is 308 g/mol. The highest BCUT2D eigenvalue weighted by atomic mass is 16.5. The van der Waals surface area contributed by atoms with Gasteiger partial charge in [0, 0.05) is 5.41 Å². The minimum absolute atomic E-state index is 0.0549. The molecule has 0 saturated carbocycles. The molecule has 2 rings (SSSR count). The van der Waals surface area contributed by atoms with E-state index in [9.17, 15) is 0 Å². The third-order valence-electron chi connectivity index (χ3n) is 4.65. The predicted molar refractivity (Wildman–Crippen MR) is 88.9 cm³/mol. The molecule has 1 aliphatic rings. The maximum Gasteiger partial charge on any atom is 0.243 e. The van der Waals surface area contributed by atoms with Gasteiger partial charge in [0.1, 0.15) is 0 Å². The molecule has 1 aromatic heterocycles. The van der Waals surface area contributed by atoms with Crippen molar-refractivity contribution in [1.82, 2.24) is 19.9 Å². The number of nitrogens with zero attached hydrogens (tertiary/aromatic N) is 4. The van der Waals surface area contributed by atoms with E-state index in [1.165, 1.54) is 25.8 Å². The fraction of sp³-hybridized carbons (Fsp3) is 0.882. The van der Waals surface area contributed by atoms with Crippen molar-refractivity contribution in [2.24, 2.45) is 5.92 Å². The Bertz CT molecular complexity index is 455. The highest BCUT2D eigenvalue weighted by molar-refractivity contribution is 5.02. The van der Waals surface area contributed by atoms with E-state index in [0.29, 0.717) is 0 Å². The summed E-state index contributed by atoms with van der Waals surface area (Å²) in [5.74, 6) is 2.42. The van der Waals surface area contributed by atoms with Crippen molar-refractivity contribution in [1.29, 1.82) is 0 Å². The highest BCUT2D eigenvalue weighted by Crippen LogP contribution is 2.28. The largest absolute Gasteiger partial charge is 0.338 e. The minimum Gasteiger partial charge on any atom is -0.338 e. The van der Waals surface area contributed by atoms with Crippen LogP contribution in [0.25, 0.3) is 0 Å². The average molecular weight is 308 g/mol. The van der Waals surface area contributed by atoms with Gasteiger partial charge in [-0.2, -0.15) is 4.98 Å². The highest BCUT2D eigenvalue weighted by Gasteiger charge is 2.28. The topological polar surface area (TPSA) is 45.4 Å². The molecule has 0 N–H and O–H groups in total. The van der Waals surface area contributed by atoms with E-state index in [0.717, 1.165) is 30.7 Å². The van der Waals surface area contributed by atoms with E-state index in [1.807, 2.05) is 0 Å². The third kappa shape index (κ3) is 4.53. The van der Waals surface area contributed by atoms with Gasteiger partial charge in [-0.25, -0.2) is 0 Å². The molecule has 0 aromatic carbocycles. The number of piperidine rings is 1. The van der Waals surface area contributed by atoms with Gasteiger partial charge in [-0.15, -0.1) is 0 Å². The molecule has 0 bridgehead atoms. The van der Waals surface area contributed by atoms with Crippen LogP contribution in [-0.2, 0) is 5.41 Å². The maximum atomic E-state index is 5.50. The molecule has 5 nitrogen and oxygen atoms in total. The van der Waals surface area contributed by atoms with Crippen molar-refractivity contribution in [3.8, 4) is 0 Å². The first-order chi connectivity index (χ1) is 10.3. The zero-order chi connectivity index (χ0) is 16.3. The first-order valence-corrected chi connectivity index (χ1v) is 8.50. The second-order valence-corrected chi connectivity index (χ2v) is 7.95. The van der Waals surface area contributed by atoms with Crippen molar-refractivity contribution < 1.29 is 4.52 Å². The fourth-order valence-electron chi connectivity index (χ4n) is 2.94. The van der Waals surface area contributed by atoms with Gasteiger partial charge < -0.3 is 9.42 Å². The minimum atomic E-state index is -0.0549. The molecule has 1 saturated heterocycles. The van der Waals surface area contributed by atoms with Crippen molar-refractivity contribution >= 4 is 0 Å². The van der Waals surface area contributed by atoms with Crippen LogP contribution in [0.4, 0.5) is 0 Å². The number of hydrogen-bond acceptors (Lipinski definition) is 5. The standard InChI is InChI=1S/C17H32N4O/c1-13(15-18-16(19-22-15)17(2,3)4)21-11-8-14(9-12-21)7-10-20(5)6/h13-14H,7-12H2,1-6H3. The van der Waals surface area contributed by atoms with Crippen LogP contribution in [0.3, 0.4) is 0 Å². The normalized spacial score (nSPS) is 19.8. The van der Waals surface area contributed by atoms with E-state index in [4.69, 9.17) is 4.52 Å². The molecule has 5 heteroatoms. The van der Waals surface area contributed by atoms with Crippen LogP contribution in [0.5, 0.6) is 0 Å². The summed E-state index contributed by atoms with van der Waals surface area (Å²) in [6.45, 7) is 12.0. The van der Waals surface area contributed by atoms with Crippen molar-refractivity contribution in [2.75, 3.05) is 33.7 Å². The van der Waals surface area contributed by atoms with E-state index in [-0.39, 0.29) is 11.5 Å². The average Bonchev–Trinajstić information content (AvgIpc) is 2.94. The van der Waals surface area contributed by atoms with Gasteiger partial charge in [0.05, 0.1) is 6.04 Å². The van der Waals surface area contributed by atoms with Crippen LogP contribution < -0.4 is 0 Å². The van der Waals surface area contributed by atoms with Gasteiger partial charge in [0.15, 0.2) is 5.82 Å². The Morgan fingerprint density at radius 1 is 1.27 bits per heavy atom. The number of hydrogen-bond donors (Lipinski definition) is 0. The summed E-state index contributed by atoms with van der Waals surface area (Å²) < 4.78 is 5.50. The van der Waals surface area contributed by atoms with Gasteiger partial charge >= 0.3 is 0 Å². The molecular weight excluding hydrogens is 276 g/mol. The zero-order valence-corrected chi connectivity index (χ0v) is 15.1. The molecule has 1 fully saturated rings. The molecule has 126 valence electrons. The Labute approximate surface area is 135 Å². The SMILES string of the molecule is CC(c1nc(C(C)(C)C)no1)N1CCC(CCN(C)C)CC1. The van der Waals surface area contributed by atoms with Crippen LogP contribution in [0.15, 0.2) is 4.52 Å². The number of rotatable bonds is 5.